The Morgan fingerprint density at radius 2 is 1.54 bits per heavy atom. The SMILES string of the molecule is NC(=O)NCCCCCC(=O)NC(Cc1ccccc1)c1ccccc1. The fourth-order valence-corrected chi connectivity index (χ4v) is 2.85. The van der Waals surface area contributed by atoms with Gasteiger partial charge in [0.25, 0.3) is 0 Å². The van der Waals surface area contributed by atoms with E-state index in [1.165, 1.54) is 5.56 Å². The van der Waals surface area contributed by atoms with Crippen molar-refractivity contribution in [3.05, 3.63) is 71.8 Å². The predicted octanol–water partition coefficient (Wildman–Crippen LogP) is 3.32. The van der Waals surface area contributed by atoms with Crippen LogP contribution in [0.3, 0.4) is 0 Å². The van der Waals surface area contributed by atoms with Crippen LogP contribution in [0.15, 0.2) is 60.7 Å². The molecule has 5 heteroatoms. The number of carbonyl (C=O) groups is 2. The molecule has 0 fully saturated rings. The van der Waals surface area contributed by atoms with Crippen molar-refractivity contribution in [2.24, 2.45) is 5.73 Å². The Balaban J connectivity index is 1.84. The third kappa shape index (κ3) is 7.38. The Bertz CT molecular complexity index is 674. The summed E-state index contributed by atoms with van der Waals surface area (Å²) >= 11 is 0. The number of urea groups is 1. The highest BCUT2D eigenvalue weighted by Gasteiger charge is 2.15. The van der Waals surface area contributed by atoms with Crippen LogP contribution in [-0.4, -0.2) is 18.5 Å². The van der Waals surface area contributed by atoms with Gasteiger partial charge < -0.3 is 16.4 Å². The molecule has 4 N–H and O–H groups in total. The number of hydrogen-bond acceptors (Lipinski definition) is 2. The predicted molar refractivity (Wildman–Crippen MR) is 104 cm³/mol. The molecule has 138 valence electrons. The zero-order chi connectivity index (χ0) is 18.6. The monoisotopic (exact) mass is 353 g/mol. The van der Waals surface area contributed by atoms with Gasteiger partial charge >= 0.3 is 6.03 Å². The van der Waals surface area contributed by atoms with Gasteiger partial charge in [-0.1, -0.05) is 67.1 Å². The van der Waals surface area contributed by atoms with Crippen LogP contribution in [0, 0.1) is 0 Å². The Hall–Kier alpha value is -2.82. The van der Waals surface area contributed by atoms with Gasteiger partial charge in [-0.25, -0.2) is 4.79 Å². The number of carbonyl (C=O) groups excluding carboxylic acids is 2. The molecule has 0 heterocycles. The van der Waals surface area contributed by atoms with E-state index in [9.17, 15) is 9.59 Å². The average molecular weight is 353 g/mol. The molecule has 26 heavy (non-hydrogen) atoms. The minimum Gasteiger partial charge on any atom is -0.352 e. The van der Waals surface area contributed by atoms with Crippen molar-refractivity contribution in [2.45, 2.75) is 38.1 Å². The van der Waals surface area contributed by atoms with E-state index in [-0.39, 0.29) is 11.9 Å². The topological polar surface area (TPSA) is 84.2 Å². The van der Waals surface area contributed by atoms with Gasteiger partial charge in [0.1, 0.15) is 0 Å². The van der Waals surface area contributed by atoms with E-state index < -0.39 is 6.03 Å². The third-order valence-corrected chi connectivity index (χ3v) is 4.20. The van der Waals surface area contributed by atoms with E-state index in [0.29, 0.717) is 13.0 Å². The zero-order valence-electron chi connectivity index (χ0n) is 15.0. The first-order chi connectivity index (χ1) is 12.6. The number of amides is 3. The van der Waals surface area contributed by atoms with Crippen LogP contribution in [0.5, 0.6) is 0 Å². The lowest BCUT2D eigenvalue weighted by molar-refractivity contribution is -0.122. The molecule has 0 aromatic heterocycles. The van der Waals surface area contributed by atoms with E-state index in [4.69, 9.17) is 5.73 Å². The average Bonchev–Trinajstić information content (AvgIpc) is 2.65. The van der Waals surface area contributed by atoms with Crippen LogP contribution in [-0.2, 0) is 11.2 Å². The van der Waals surface area contributed by atoms with E-state index in [1.807, 2.05) is 48.5 Å². The summed E-state index contributed by atoms with van der Waals surface area (Å²) in [5.41, 5.74) is 7.32. The number of nitrogens with one attached hydrogen (secondary N) is 2. The molecule has 1 unspecified atom stereocenters. The van der Waals surface area contributed by atoms with Gasteiger partial charge in [-0.05, 0) is 30.4 Å². The molecule has 0 aliphatic carbocycles. The summed E-state index contributed by atoms with van der Waals surface area (Å²) < 4.78 is 0. The van der Waals surface area contributed by atoms with Crippen LogP contribution >= 0.6 is 0 Å². The van der Waals surface area contributed by atoms with E-state index in [0.717, 1.165) is 31.2 Å². The van der Waals surface area contributed by atoms with Gasteiger partial charge in [0.05, 0.1) is 6.04 Å². The van der Waals surface area contributed by atoms with Gasteiger partial charge in [0.15, 0.2) is 0 Å². The van der Waals surface area contributed by atoms with Crippen molar-refractivity contribution >= 4 is 11.9 Å². The smallest absolute Gasteiger partial charge is 0.312 e. The molecule has 0 aliphatic rings. The highest BCUT2D eigenvalue weighted by atomic mass is 16.2. The van der Waals surface area contributed by atoms with E-state index in [2.05, 4.69) is 22.8 Å². The van der Waals surface area contributed by atoms with Crippen LogP contribution in [0.25, 0.3) is 0 Å². The largest absolute Gasteiger partial charge is 0.352 e. The zero-order valence-corrected chi connectivity index (χ0v) is 15.0. The van der Waals surface area contributed by atoms with E-state index >= 15 is 0 Å². The fourth-order valence-electron chi connectivity index (χ4n) is 2.85. The molecule has 2 aromatic rings. The van der Waals surface area contributed by atoms with E-state index in [1.54, 1.807) is 0 Å². The van der Waals surface area contributed by atoms with Crippen molar-refractivity contribution in [3.63, 3.8) is 0 Å². The first-order valence-corrected chi connectivity index (χ1v) is 9.06. The third-order valence-electron chi connectivity index (χ3n) is 4.20. The fraction of sp³-hybridized carbons (Fsp3) is 0.333. The number of benzene rings is 2. The maximum Gasteiger partial charge on any atom is 0.312 e. The molecule has 0 spiro atoms. The lowest BCUT2D eigenvalue weighted by Crippen LogP contribution is -2.30. The highest BCUT2D eigenvalue weighted by Crippen LogP contribution is 2.18. The Morgan fingerprint density at radius 1 is 0.885 bits per heavy atom. The first-order valence-electron chi connectivity index (χ1n) is 9.06. The molecule has 0 aliphatic heterocycles. The normalized spacial score (nSPS) is 11.5. The van der Waals surface area contributed by atoms with Gasteiger partial charge in [0, 0.05) is 13.0 Å². The molecule has 5 nitrogen and oxygen atoms in total. The maximum absolute atomic E-state index is 12.4. The lowest BCUT2D eigenvalue weighted by atomic mass is 9.98. The first kappa shape index (κ1) is 19.5. The van der Waals surface area contributed by atoms with Crippen LogP contribution in [0.4, 0.5) is 4.79 Å². The van der Waals surface area contributed by atoms with Crippen molar-refractivity contribution in [3.8, 4) is 0 Å². The lowest BCUT2D eigenvalue weighted by Gasteiger charge is -2.19. The van der Waals surface area contributed by atoms with Crippen LogP contribution in [0.1, 0.15) is 42.9 Å². The standard InChI is InChI=1S/C21H27N3O2/c22-21(26)23-15-9-3-8-14-20(25)24-19(18-12-6-2-7-13-18)16-17-10-4-1-5-11-17/h1-2,4-7,10-13,19H,3,8-9,14-16H2,(H,24,25)(H3,22,23,26). The minimum absolute atomic E-state index is 0.0392. The molecular formula is C21H27N3O2. The number of hydrogen-bond donors (Lipinski definition) is 3. The number of nitrogens with two attached hydrogens (primary N) is 1. The molecular weight excluding hydrogens is 326 g/mol. The second kappa shape index (κ2) is 10.9. The van der Waals surface area contributed by atoms with Gasteiger partial charge in [0.2, 0.25) is 5.91 Å². The van der Waals surface area contributed by atoms with Crippen LogP contribution < -0.4 is 16.4 Å². The number of rotatable bonds is 10. The molecule has 0 bridgehead atoms. The van der Waals surface area contributed by atoms with Crippen molar-refractivity contribution in [2.75, 3.05) is 6.54 Å². The molecule has 2 rings (SSSR count). The molecule has 0 saturated heterocycles. The molecule has 0 saturated carbocycles. The molecule has 0 radical (unpaired) electrons. The number of primary amides is 1. The second-order valence-electron chi connectivity index (χ2n) is 6.32. The highest BCUT2D eigenvalue weighted by molar-refractivity contribution is 5.76. The summed E-state index contributed by atoms with van der Waals surface area (Å²) in [6, 6.07) is 19.7. The Morgan fingerprint density at radius 3 is 2.19 bits per heavy atom. The van der Waals surface area contributed by atoms with Gasteiger partial charge in [-0.2, -0.15) is 0 Å². The summed E-state index contributed by atoms with van der Waals surface area (Å²) in [5.74, 6) is 0.0534. The van der Waals surface area contributed by atoms with Crippen molar-refractivity contribution < 1.29 is 9.59 Å². The maximum atomic E-state index is 12.4. The summed E-state index contributed by atoms with van der Waals surface area (Å²) in [4.78, 5) is 23.0. The molecule has 1 atom stereocenters. The van der Waals surface area contributed by atoms with Gasteiger partial charge in [-0.15, -0.1) is 0 Å². The quantitative estimate of drug-likeness (QED) is 0.573. The summed E-state index contributed by atoms with van der Waals surface area (Å²) in [7, 11) is 0. The Kier molecular flexibility index (Phi) is 8.19. The van der Waals surface area contributed by atoms with Crippen molar-refractivity contribution in [1.29, 1.82) is 0 Å². The number of unbranched alkanes of at least 4 members (excludes halogenated alkanes) is 2. The Labute approximate surface area is 155 Å². The van der Waals surface area contributed by atoms with Crippen molar-refractivity contribution in [1.82, 2.24) is 10.6 Å². The molecule has 2 aromatic carbocycles. The van der Waals surface area contributed by atoms with Gasteiger partial charge in [-0.3, -0.25) is 4.79 Å². The van der Waals surface area contributed by atoms with Crippen LogP contribution in [0.2, 0.25) is 0 Å². The summed E-state index contributed by atoms with van der Waals surface area (Å²) in [6.07, 6.45) is 3.73. The second-order valence-corrected chi connectivity index (χ2v) is 6.32. The molecule has 3 amide bonds. The summed E-state index contributed by atoms with van der Waals surface area (Å²) in [6.45, 7) is 0.553. The summed E-state index contributed by atoms with van der Waals surface area (Å²) in [5, 5.41) is 5.72. The minimum atomic E-state index is -0.505.